The molecule has 0 aliphatic rings. The maximum absolute atomic E-state index is 11.6. The number of aryl methyl sites for hydroxylation is 1. The molecule has 0 aliphatic carbocycles. The average molecular weight is 309 g/mol. The van der Waals surface area contributed by atoms with Crippen molar-refractivity contribution in [2.75, 3.05) is 11.9 Å². The third-order valence-corrected chi connectivity index (χ3v) is 3.51. The van der Waals surface area contributed by atoms with E-state index < -0.39 is 0 Å². The van der Waals surface area contributed by atoms with Crippen LogP contribution in [0.1, 0.15) is 10.4 Å². The first kappa shape index (κ1) is 14.6. The molecule has 0 bridgehead atoms. The van der Waals surface area contributed by atoms with Gasteiger partial charge in [0.1, 0.15) is 0 Å². The summed E-state index contributed by atoms with van der Waals surface area (Å²) in [6, 6.07) is 9.23. The van der Waals surface area contributed by atoms with Crippen LogP contribution in [0.4, 0.5) is 5.69 Å². The van der Waals surface area contributed by atoms with Crippen molar-refractivity contribution in [3.63, 3.8) is 0 Å². The van der Waals surface area contributed by atoms with E-state index in [0.717, 1.165) is 10.4 Å². The lowest BCUT2D eigenvalue weighted by molar-refractivity contribution is -0.120. The summed E-state index contributed by atoms with van der Waals surface area (Å²) < 4.78 is 0. The molecule has 0 aliphatic heterocycles. The van der Waals surface area contributed by atoms with Crippen LogP contribution in [0.5, 0.6) is 0 Å². The molecule has 104 valence electrons. The van der Waals surface area contributed by atoms with Crippen LogP contribution in [0.25, 0.3) is 0 Å². The number of rotatable bonds is 5. The van der Waals surface area contributed by atoms with Crippen molar-refractivity contribution in [3.8, 4) is 0 Å². The molecule has 1 amide bonds. The zero-order valence-electron chi connectivity index (χ0n) is 10.8. The van der Waals surface area contributed by atoms with Crippen molar-refractivity contribution in [2.24, 2.45) is 5.16 Å². The summed E-state index contributed by atoms with van der Waals surface area (Å²) in [6.45, 7) is 1.77. The van der Waals surface area contributed by atoms with Gasteiger partial charge in [-0.25, -0.2) is 0 Å². The van der Waals surface area contributed by atoms with Crippen LogP contribution in [0.2, 0.25) is 5.02 Å². The molecule has 6 heteroatoms. The summed E-state index contributed by atoms with van der Waals surface area (Å²) in [5.41, 5.74) is 1.60. The minimum absolute atomic E-state index is 0.161. The Balaban J connectivity index is 1.80. The zero-order valence-corrected chi connectivity index (χ0v) is 12.4. The monoisotopic (exact) mass is 308 g/mol. The van der Waals surface area contributed by atoms with Gasteiger partial charge in [-0.2, -0.15) is 0 Å². The van der Waals surface area contributed by atoms with Crippen molar-refractivity contribution >= 4 is 40.7 Å². The highest BCUT2D eigenvalue weighted by atomic mass is 35.5. The highest BCUT2D eigenvalue weighted by Crippen LogP contribution is 2.22. The summed E-state index contributed by atoms with van der Waals surface area (Å²) in [4.78, 5) is 17.5. The fourth-order valence-electron chi connectivity index (χ4n) is 1.46. The van der Waals surface area contributed by atoms with Gasteiger partial charge in [0.2, 0.25) is 0 Å². The van der Waals surface area contributed by atoms with Gasteiger partial charge in [-0.1, -0.05) is 28.9 Å². The Labute approximate surface area is 126 Å². The number of benzene rings is 1. The number of halogens is 1. The van der Waals surface area contributed by atoms with Crippen molar-refractivity contribution in [1.82, 2.24) is 0 Å². The first-order valence-electron chi connectivity index (χ1n) is 5.90. The highest BCUT2D eigenvalue weighted by Gasteiger charge is 2.06. The van der Waals surface area contributed by atoms with Crippen LogP contribution in [-0.2, 0) is 9.63 Å². The van der Waals surface area contributed by atoms with E-state index in [4.69, 9.17) is 16.4 Å². The first-order valence-corrected chi connectivity index (χ1v) is 7.16. The van der Waals surface area contributed by atoms with Crippen LogP contribution in [0.3, 0.4) is 0 Å². The topological polar surface area (TPSA) is 50.7 Å². The van der Waals surface area contributed by atoms with E-state index in [0.29, 0.717) is 10.7 Å². The van der Waals surface area contributed by atoms with Crippen molar-refractivity contribution in [2.45, 2.75) is 6.92 Å². The number of nitrogens with one attached hydrogen (secondary N) is 1. The molecule has 0 saturated carbocycles. The second kappa shape index (κ2) is 7.07. The van der Waals surface area contributed by atoms with E-state index in [9.17, 15) is 4.79 Å². The van der Waals surface area contributed by atoms with E-state index >= 15 is 0 Å². The third-order valence-electron chi connectivity index (χ3n) is 2.39. The summed E-state index contributed by atoms with van der Waals surface area (Å²) in [6.07, 6.45) is 1.57. The number of nitrogens with zero attached hydrogens (tertiary/aromatic N) is 1. The van der Waals surface area contributed by atoms with Crippen molar-refractivity contribution < 1.29 is 9.63 Å². The maximum Gasteiger partial charge on any atom is 0.265 e. The molecule has 2 aromatic rings. The Morgan fingerprint density at radius 3 is 3.05 bits per heavy atom. The van der Waals surface area contributed by atoms with E-state index in [2.05, 4.69) is 10.5 Å². The number of hydrogen-bond donors (Lipinski definition) is 1. The zero-order chi connectivity index (χ0) is 14.4. The van der Waals surface area contributed by atoms with Gasteiger partial charge >= 0.3 is 0 Å². The Morgan fingerprint density at radius 2 is 2.35 bits per heavy atom. The number of carbonyl (C=O) groups is 1. The Morgan fingerprint density at radius 1 is 1.50 bits per heavy atom. The number of hydrogen-bond acceptors (Lipinski definition) is 4. The minimum Gasteiger partial charge on any atom is -0.386 e. The van der Waals surface area contributed by atoms with Gasteiger partial charge in [-0.05, 0) is 36.1 Å². The Kier molecular flexibility index (Phi) is 5.15. The fourth-order valence-corrected chi connectivity index (χ4v) is 2.32. The van der Waals surface area contributed by atoms with E-state index in [1.54, 1.807) is 29.7 Å². The first-order chi connectivity index (χ1) is 9.65. The molecule has 4 nitrogen and oxygen atoms in total. The molecule has 1 heterocycles. The molecule has 0 fully saturated rings. The molecule has 0 saturated heterocycles. The molecule has 0 spiro atoms. The highest BCUT2D eigenvalue weighted by molar-refractivity contribution is 7.11. The summed E-state index contributed by atoms with van der Waals surface area (Å²) >= 11 is 7.56. The van der Waals surface area contributed by atoms with E-state index in [-0.39, 0.29) is 12.5 Å². The van der Waals surface area contributed by atoms with Gasteiger partial charge in [0.15, 0.2) is 6.61 Å². The molecule has 0 atom stereocenters. The summed E-state index contributed by atoms with van der Waals surface area (Å²) in [7, 11) is 0. The van der Waals surface area contributed by atoms with Gasteiger partial charge in [0, 0.05) is 4.88 Å². The number of carbonyl (C=O) groups excluding carboxylic acids is 1. The second-order valence-corrected chi connectivity index (χ2v) is 5.44. The normalized spacial score (nSPS) is 10.7. The maximum atomic E-state index is 11.6. The quantitative estimate of drug-likeness (QED) is 0.676. The molecular weight excluding hydrogens is 296 g/mol. The molecule has 1 N–H and O–H groups in total. The molecule has 0 unspecified atom stereocenters. The number of amides is 1. The fraction of sp³-hybridized carbons (Fsp3) is 0.143. The third kappa shape index (κ3) is 4.36. The molecule has 1 aromatic carbocycles. The molecule has 2 rings (SSSR count). The predicted octanol–water partition coefficient (Wildman–Crippen LogP) is 3.70. The predicted molar refractivity (Wildman–Crippen MR) is 82.7 cm³/mol. The van der Waals surface area contributed by atoms with Crippen LogP contribution in [-0.4, -0.2) is 18.7 Å². The lowest BCUT2D eigenvalue weighted by Gasteiger charge is -2.06. The van der Waals surface area contributed by atoms with Crippen LogP contribution in [0, 0.1) is 6.92 Å². The van der Waals surface area contributed by atoms with E-state index in [1.165, 1.54) is 0 Å². The Bertz CT molecular complexity index is 612. The van der Waals surface area contributed by atoms with Gasteiger partial charge < -0.3 is 10.2 Å². The largest absolute Gasteiger partial charge is 0.386 e. The average Bonchev–Trinajstić information content (AvgIpc) is 2.91. The molecule has 20 heavy (non-hydrogen) atoms. The molecule has 0 radical (unpaired) electrons. The molecule has 1 aromatic heterocycles. The number of anilines is 1. The SMILES string of the molecule is Cc1ccc(NC(=O)CO/N=C/c2cccs2)c(Cl)c1. The molecular formula is C14H13ClN2O2S. The lowest BCUT2D eigenvalue weighted by atomic mass is 10.2. The lowest BCUT2D eigenvalue weighted by Crippen LogP contribution is -2.17. The van der Waals surface area contributed by atoms with Gasteiger partial charge in [-0.15, -0.1) is 11.3 Å². The van der Waals surface area contributed by atoms with Crippen LogP contribution >= 0.6 is 22.9 Å². The number of thiophene rings is 1. The van der Waals surface area contributed by atoms with Gasteiger partial charge in [0.05, 0.1) is 16.9 Å². The van der Waals surface area contributed by atoms with Crippen molar-refractivity contribution in [3.05, 3.63) is 51.2 Å². The minimum atomic E-state index is -0.306. The van der Waals surface area contributed by atoms with Gasteiger partial charge in [-0.3, -0.25) is 4.79 Å². The van der Waals surface area contributed by atoms with Crippen LogP contribution < -0.4 is 5.32 Å². The van der Waals surface area contributed by atoms with E-state index in [1.807, 2.05) is 30.5 Å². The second-order valence-electron chi connectivity index (χ2n) is 4.05. The number of oxime groups is 1. The van der Waals surface area contributed by atoms with Crippen molar-refractivity contribution in [1.29, 1.82) is 0 Å². The summed E-state index contributed by atoms with van der Waals surface area (Å²) in [5.74, 6) is -0.306. The van der Waals surface area contributed by atoms with Gasteiger partial charge in [0.25, 0.3) is 5.91 Å². The summed E-state index contributed by atoms with van der Waals surface area (Å²) in [5, 5.41) is 8.83. The standard InChI is InChI=1S/C14H13ClN2O2S/c1-10-4-5-13(12(15)7-10)17-14(18)9-19-16-8-11-3-2-6-20-11/h2-8H,9H2,1H3,(H,17,18)/b16-8+. The Hall–Kier alpha value is -1.85. The van der Waals surface area contributed by atoms with Crippen LogP contribution in [0.15, 0.2) is 40.9 Å². The smallest absolute Gasteiger partial charge is 0.265 e.